The van der Waals surface area contributed by atoms with E-state index in [1.165, 1.54) is 12.1 Å². The van der Waals surface area contributed by atoms with Crippen LogP contribution in [0.1, 0.15) is 18.4 Å². The molecule has 0 aromatic heterocycles. The van der Waals surface area contributed by atoms with E-state index >= 15 is 0 Å². The van der Waals surface area contributed by atoms with Crippen molar-refractivity contribution in [2.24, 2.45) is 5.92 Å². The van der Waals surface area contributed by atoms with Crippen molar-refractivity contribution in [3.05, 3.63) is 64.9 Å². The van der Waals surface area contributed by atoms with Crippen LogP contribution in [0, 0.1) is 11.7 Å². The first-order chi connectivity index (χ1) is 12.4. The number of nitrogens with zero attached hydrogens (tertiary/aromatic N) is 1. The van der Waals surface area contributed by atoms with Crippen LogP contribution in [0.15, 0.2) is 53.4 Å². The van der Waals surface area contributed by atoms with Gasteiger partial charge in [0.2, 0.25) is 10.0 Å². The van der Waals surface area contributed by atoms with Crippen LogP contribution >= 0.6 is 11.6 Å². The molecule has 0 aliphatic carbocycles. The molecule has 1 saturated heterocycles. The third-order valence-corrected chi connectivity index (χ3v) is 6.55. The minimum absolute atomic E-state index is 0.0926. The first-order valence-corrected chi connectivity index (χ1v) is 10.5. The Labute approximate surface area is 159 Å². The second kappa shape index (κ2) is 8.48. The summed E-state index contributed by atoms with van der Waals surface area (Å²) in [5, 5.41) is 0.779. The Hall–Kier alpha value is -1.47. The molecule has 2 aromatic rings. The van der Waals surface area contributed by atoms with E-state index in [9.17, 15) is 12.8 Å². The number of likely N-dealkylation sites (tertiary alicyclic amines) is 1. The molecule has 0 amide bonds. The minimum atomic E-state index is -3.59. The average Bonchev–Trinajstić information content (AvgIpc) is 2.63. The molecule has 0 unspecified atom stereocenters. The van der Waals surface area contributed by atoms with E-state index in [1.54, 1.807) is 0 Å². The predicted octanol–water partition coefficient (Wildman–Crippen LogP) is 3.67. The highest BCUT2D eigenvalue weighted by molar-refractivity contribution is 7.89. The van der Waals surface area contributed by atoms with Gasteiger partial charge in [0.25, 0.3) is 0 Å². The summed E-state index contributed by atoms with van der Waals surface area (Å²) in [5.41, 5.74) is 1.12. The molecule has 2 aromatic carbocycles. The molecule has 1 fully saturated rings. The van der Waals surface area contributed by atoms with Gasteiger partial charge in [-0.15, -0.1) is 0 Å². The van der Waals surface area contributed by atoms with Gasteiger partial charge in [-0.1, -0.05) is 29.8 Å². The Morgan fingerprint density at radius 3 is 2.38 bits per heavy atom. The molecule has 26 heavy (non-hydrogen) atoms. The summed E-state index contributed by atoms with van der Waals surface area (Å²) in [4.78, 5) is 2.43. The number of nitrogens with one attached hydrogen (secondary N) is 1. The highest BCUT2D eigenvalue weighted by Gasteiger charge is 2.22. The molecule has 3 rings (SSSR count). The SMILES string of the molecule is O=S(=O)(NCC1CCN(Cc2ccccc2Cl)CC1)c1ccc(F)cc1. The van der Waals surface area contributed by atoms with Crippen molar-refractivity contribution in [2.45, 2.75) is 24.3 Å². The van der Waals surface area contributed by atoms with Crippen LogP contribution in [0.3, 0.4) is 0 Å². The molecule has 0 spiro atoms. The quantitative estimate of drug-likeness (QED) is 0.810. The summed E-state index contributed by atoms with van der Waals surface area (Å²) in [6, 6.07) is 12.7. The van der Waals surface area contributed by atoms with Crippen LogP contribution in [-0.4, -0.2) is 33.0 Å². The minimum Gasteiger partial charge on any atom is -0.299 e. The van der Waals surface area contributed by atoms with Gasteiger partial charge in [-0.05, 0) is 67.7 Å². The lowest BCUT2D eigenvalue weighted by molar-refractivity contribution is 0.178. The first-order valence-electron chi connectivity index (χ1n) is 8.65. The molecule has 4 nitrogen and oxygen atoms in total. The molecule has 0 radical (unpaired) electrons. The van der Waals surface area contributed by atoms with Crippen LogP contribution < -0.4 is 4.72 Å². The molecule has 1 aliphatic rings. The number of hydrogen-bond donors (Lipinski definition) is 1. The van der Waals surface area contributed by atoms with Gasteiger partial charge in [0.15, 0.2) is 0 Å². The molecule has 0 saturated carbocycles. The maximum atomic E-state index is 12.9. The number of piperidine rings is 1. The van der Waals surface area contributed by atoms with Crippen molar-refractivity contribution in [2.75, 3.05) is 19.6 Å². The maximum absolute atomic E-state index is 12.9. The van der Waals surface area contributed by atoms with Crippen LogP contribution in [0.25, 0.3) is 0 Å². The fraction of sp³-hybridized carbons (Fsp3) is 0.368. The van der Waals surface area contributed by atoms with Crippen molar-refractivity contribution < 1.29 is 12.8 Å². The van der Waals surface area contributed by atoms with Crippen LogP contribution in [0.2, 0.25) is 5.02 Å². The fourth-order valence-corrected chi connectivity index (χ4v) is 4.45. The van der Waals surface area contributed by atoms with Gasteiger partial charge in [0, 0.05) is 18.1 Å². The normalized spacial score (nSPS) is 16.7. The molecular weight excluding hydrogens is 375 g/mol. The van der Waals surface area contributed by atoms with Crippen molar-refractivity contribution in [1.29, 1.82) is 0 Å². The number of rotatable bonds is 6. The van der Waals surface area contributed by atoms with Gasteiger partial charge < -0.3 is 0 Å². The zero-order chi connectivity index (χ0) is 18.6. The third kappa shape index (κ3) is 5.04. The van der Waals surface area contributed by atoms with E-state index in [0.29, 0.717) is 12.5 Å². The standard InChI is InChI=1S/C19H22ClFN2O2S/c20-19-4-2-1-3-16(19)14-23-11-9-15(10-12-23)13-22-26(24,25)18-7-5-17(21)6-8-18/h1-8,15,22H,9-14H2. The molecule has 1 heterocycles. The Kier molecular flexibility index (Phi) is 6.29. The average molecular weight is 397 g/mol. The lowest BCUT2D eigenvalue weighted by Crippen LogP contribution is -2.38. The van der Waals surface area contributed by atoms with E-state index in [-0.39, 0.29) is 4.90 Å². The molecule has 0 atom stereocenters. The van der Waals surface area contributed by atoms with E-state index in [0.717, 1.165) is 55.2 Å². The predicted molar refractivity (Wildman–Crippen MR) is 101 cm³/mol. The first kappa shape index (κ1) is 19.3. The second-order valence-corrected chi connectivity index (χ2v) is 8.79. The molecule has 1 N–H and O–H groups in total. The Balaban J connectivity index is 1.48. The van der Waals surface area contributed by atoms with Gasteiger partial charge in [0.1, 0.15) is 5.82 Å². The zero-order valence-corrected chi connectivity index (χ0v) is 15.9. The fourth-order valence-electron chi connectivity index (χ4n) is 3.14. The zero-order valence-electron chi connectivity index (χ0n) is 14.4. The maximum Gasteiger partial charge on any atom is 0.240 e. The topological polar surface area (TPSA) is 49.4 Å². The summed E-state index contributed by atoms with van der Waals surface area (Å²) in [7, 11) is -3.59. The largest absolute Gasteiger partial charge is 0.299 e. The molecule has 7 heteroatoms. The van der Waals surface area contributed by atoms with Crippen molar-refractivity contribution in [3.63, 3.8) is 0 Å². The third-order valence-electron chi connectivity index (χ3n) is 4.74. The number of benzene rings is 2. The summed E-state index contributed by atoms with van der Waals surface area (Å²) < 4.78 is 40.1. The van der Waals surface area contributed by atoms with E-state index in [2.05, 4.69) is 9.62 Å². The van der Waals surface area contributed by atoms with Crippen LogP contribution in [0.5, 0.6) is 0 Å². The Bertz CT molecular complexity index is 835. The summed E-state index contributed by atoms with van der Waals surface area (Å²) in [6.45, 7) is 3.04. The molecule has 140 valence electrons. The summed E-state index contributed by atoms with van der Waals surface area (Å²) in [5.74, 6) is -0.150. The highest BCUT2D eigenvalue weighted by atomic mass is 35.5. The van der Waals surface area contributed by atoms with E-state index < -0.39 is 15.8 Å². The molecular formula is C19H22ClFN2O2S. The van der Waals surface area contributed by atoms with Crippen molar-refractivity contribution in [1.82, 2.24) is 9.62 Å². The molecule has 1 aliphatic heterocycles. The van der Waals surface area contributed by atoms with Gasteiger partial charge in [-0.25, -0.2) is 17.5 Å². The van der Waals surface area contributed by atoms with Crippen molar-refractivity contribution >= 4 is 21.6 Å². The second-order valence-electron chi connectivity index (χ2n) is 6.62. The van der Waals surface area contributed by atoms with E-state index in [1.807, 2.05) is 24.3 Å². The monoisotopic (exact) mass is 396 g/mol. The number of sulfonamides is 1. The van der Waals surface area contributed by atoms with E-state index in [4.69, 9.17) is 11.6 Å². The lowest BCUT2D eigenvalue weighted by Gasteiger charge is -2.32. The number of halogens is 2. The summed E-state index contributed by atoms with van der Waals surface area (Å²) >= 11 is 6.21. The smallest absolute Gasteiger partial charge is 0.240 e. The van der Waals surface area contributed by atoms with Gasteiger partial charge in [-0.2, -0.15) is 0 Å². The van der Waals surface area contributed by atoms with Gasteiger partial charge >= 0.3 is 0 Å². The van der Waals surface area contributed by atoms with Crippen LogP contribution in [0.4, 0.5) is 4.39 Å². The molecule has 0 bridgehead atoms. The Morgan fingerprint density at radius 1 is 1.08 bits per heavy atom. The van der Waals surface area contributed by atoms with Gasteiger partial charge in [0.05, 0.1) is 4.90 Å². The Morgan fingerprint density at radius 2 is 1.73 bits per heavy atom. The van der Waals surface area contributed by atoms with Crippen molar-refractivity contribution in [3.8, 4) is 0 Å². The lowest BCUT2D eigenvalue weighted by atomic mass is 9.97. The van der Waals surface area contributed by atoms with Gasteiger partial charge in [-0.3, -0.25) is 4.90 Å². The number of hydrogen-bond acceptors (Lipinski definition) is 3. The highest BCUT2D eigenvalue weighted by Crippen LogP contribution is 2.22. The summed E-state index contributed by atoms with van der Waals surface area (Å²) in [6.07, 6.45) is 1.85. The van der Waals surface area contributed by atoms with Crippen LogP contribution in [-0.2, 0) is 16.6 Å².